The van der Waals surface area contributed by atoms with E-state index < -0.39 is 32.9 Å². The molecule has 28 heavy (non-hydrogen) atoms. The second kappa shape index (κ2) is 6.48. The summed E-state index contributed by atoms with van der Waals surface area (Å²) < 4.78 is 29.7. The molecule has 2 aliphatic heterocycles. The summed E-state index contributed by atoms with van der Waals surface area (Å²) in [7, 11) is -1.82. The van der Waals surface area contributed by atoms with Gasteiger partial charge in [-0.25, -0.2) is 13.2 Å². The number of urea groups is 1. The number of hydrogen-bond acceptors (Lipinski definition) is 6. The minimum absolute atomic E-state index is 0.152. The maximum absolute atomic E-state index is 13.2. The lowest BCUT2D eigenvalue weighted by Gasteiger charge is -2.22. The molecule has 0 bridgehead atoms. The first-order valence-corrected chi connectivity index (χ1v) is 10.3. The molecule has 2 aromatic rings. The highest BCUT2D eigenvalue weighted by Gasteiger charge is 2.54. The summed E-state index contributed by atoms with van der Waals surface area (Å²) in [5.74, 6) is 0.279. The quantitative estimate of drug-likeness (QED) is 0.440. The van der Waals surface area contributed by atoms with Crippen LogP contribution >= 0.6 is 0 Å². The van der Waals surface area contributed by atoms with Crippen LogP contribution in [0.3, 0.4) is 0 Å². The average Bonchev–Trinajstić information content (AvgIpc) is 3.10. The van der Waals surface area contributed by atoms with Crippen molar-refractivity contribution in [3.63, 3.8) is 0 Å². The Hall–Kier alpha value is -3.14. The molecule has 9 nitrogen and oxygen atoms in total. The van der Waals surface area contributed by atoms with Gasteiger partial charge in [0.15, 0.2) is 9.84 Å². The number of carbonyl (C=O) groups is 1. The molecule has 0 saturated carbocycles. The van der Waals surface area contributed by atoms with E-state index >= 15 is 0 Å². The van der Waals surface area contributed by atoms with Gasteiger partial charge in [0.2, 0.25) is 0 Å². The standard InChI is InChI=1S/C18H17N3O6S/c1-27-15-7-5-12(6-8-15)19-16-10-28(25,26)11-17(16)20(18(19)22)13-3-2-4-14(9-13)21(23)24/h2-9,16-17H,10-11H2,1H3. The van der Waals surface area contributed by atoms with Gasteiger partial charge in [-0.2, -0.15) is 0 Å². The van der Waals surface area contributed by atoms with Crippen LogP contribution in [-0.2, 0) is 9.84 Å². The van der Waals surface area contributed by atoms with E-state index in [-0.39, 0.29) is 17.2 Å². The van der Waals surface area contributed by atoms with Crippen LogP contribution in [0.15, 0.2) is 48.5 Å². The number of benzene rings is 2. The Kier molecular flexibility index (Phi) is 4.22. The first-order chi connectivity index (χ1) is 13.3. The summed E-state index contributed by atoms with van der Waals surface area (Å²) in [6, 6.07) is 10.9. The van der Waals surface area contributed by atoms with Gasteiger partial charge in [0, 0.05) is 17.8 Å². The molecule has 0 spiro atoms. The molecule has 2 heterocycles. The maximum Gasteiger partial charge on any atom is 0.329 e. The fourth-order valence-corrected chi connectivity index (χ4v) is 5.73. The topological polar surface area (TPSA) is 110 Å². The number of carbonyl (C=O) groups excluding carboxylic acids is 1. The molecule has 2 saturated heterocycles. The number of sulfone groups is 1. The molecule has 0 aliphatic carbocycles. The molecular formula is C18H17N3O6S. The third-order valence-corrected chi connectivity index (χ3v) is 6.74. The molecule has 2 atom stereocenters. The van der Waals surface area contributed by atoms with Gasteiger partial charge in [-0.1, -0.05) is 6.07 Å². The zero-order chi connectivity index (χ0) is 20.1. The lowest BCUT2D eigenvalue weighted by molar-refractivity contribution is -0.384. The van der Waals surface area contributed by atoms with Gasteiger partial charge in [0.05, 0.1) is 41.3 Å². The van der Waals surface area contributed by atoms with Crippen molar-refractivity contribution in [2.24, 2.45) is 0 Å². The van der Waals surface area contributed by atoms with Crippen LogP contribution in [0.4, 0.5) is 21.9 Å². The fraction of sp³-hybridized carbons (Fsp3) is 0.278. The molecule has 0 aromatic heterocycles. The van der Waals surface area contributed by atoms with E-state index in [0.29, 0.717) is 17.1 Å². The Morgan fingerprint density at radius 3 is 2.21 bits per heavy atom. The largest absolute Gasteiger partial charge is 0.497 e. The van der Waals surface area contributed by atoms with Crippen LogP contribution in [0.2, 0.25) is 0 Å². The summed E-state index contributed by atoms with van der Waals surface area (Å²) in [4.78, 5) is 26.6. The number of rotatable bonds is 4. The fourth-order valence-electron chi connectivity index (χ4n) is 3.81. The van der Waals surface area contributed by atoms with Gasteiger partial charge in [0.1, 0.15) is 5.75 Å². The van der Waals surface area contributed by atoms with Gasteiger partial charge < -0.3 is 4.74 Å². The van der Waals surface area contributed by atoms with Crippen LogP contribution in [0, 0.1) is 10.1 Å². The average molecular weight is 403 g/mol. The van der Waals surface area contributed by atoms with Crippen LogP contribution in [0.5, 0.6) is 5.75 Å². The highest BCUT2D eigenvalue weighted by atomic mass is 32.2. The predicted molar refractivity (Wildman–Crippen MR) is 103 cm³/mol. The Morgan fingerprint density at radius 2 is 1.64 bits per heavy atom. The predicted octanol–water partition coefficient (Wildman–Crippen LogP) is 2.22. The van der Waals surface area contributed by atoms with E-state index in [1.165, 1.54) is 35.1 Å². The minimum Gasteiger partial charge on any atom is -0.497 e. The van der Waals surface area contributed by atoms with Crippen molar-refractivity contribution in [1.82, 2.24) is 0 Å². The zero-order valence-electron chi connectivity index (χ0n) is 14.9. The molecule has 2 amide bonds. The van der Waals surface area contributed by atoms with Crippen molar-refractivity contribution in [2.75, 3.05) is 28.4 Å². The number of nitro groups is 1. The molecule has 0 radical (unpaired) electrons. The highest BCUT2D eigenvalue weighted by molar-refractivity contribution is 7.91. The van der Waals surface area contributed by atoms with Crippen molar-refractivity contribution in [3.8, 4) is 5.75 Å². The molecular weight excluding hydrogens is 386 g/mol. The monoisotopic (exact) mass is 403 g/mol. The number of anilines is 2. The SMILES string of the molecule is COc1ccc(N2C(=O)N(c3cccc([N+](=O)[O-])c3)C3CS(=O)(=O)CC32)cc1. The van der Waals surface area contributed by atoms with E-state index in [1.54, 1.807) is 30.3 Å². The Balaban J connectivity index is 1.78. The number of non-ortho nitro benzene ring substituents is 1. The maximum atomic E-state index is 13.2. The first-order valence-electron chi connectivity index (χ1n) is 8.52. The molecule has 10 heteroatoms. The van der Waals surface area contributed by atoms with E-state index in [9.17, 15) is 23.3 Å². The van der Waals surface area contributed by atoms with Crippen molar-refractivity contribution >= 4 is 32.9 Å². The normalized spacial score (nSPS) is 23.0. The summed E-state index contributed by atoms with van der Waals surface area (Å²) in [6.45, 7) is 0. The van der Waals surface area contributed by atoms with Crippen LogP contribution < -0.4 is 14.5 Å². The number of ether oxygens (including phenoxy) is 1. The second-order valence-corrected chi connectivity index (χ2v) is 8.86. The third kappa shape index (κ3) is 2.95. The molecule has 2 aliphatic rings. The minimum atomic E-state index is -3.34. The summed E-state index contributed by atoms with van der Waals surface area (Å²) in [5, 5.41) is 11.1. The van der Waals surface area contributed by atoms with Gasteiger partial charge in [-0.05, 0) is 30.3 Å². The summed E-state index contributed by atoms with van der Waals surface area (Å²) in [6.07, 6.45) is 0. The van der Waals surface area contributed by atoms with Crippen LogP contribution in [-0.4, -0.2) is 50.1 Å². The number of amides is 2. The zero-order valence-corrected chi connectivity index (χ0v) is 15.7. The number of fused-ring (bicyclic) bond motifs is 1. The molecule has 0 N–H and O–H groups in total. The lowest BCUT2D eigenvalue weighted by atomic mass is 10.1. The first kappa shape index (κ1) is 18.2. The highest BCUT2D eigenvalue weighted by Crippen LogP contribution is 2.39. The van der Waals surface area contributed by atoms with E-state index in [0.717, 1.165) is 0 Å². The molecule has 4 rings (SSSR count). The molecule has 2 aromatic carbocycles. The van der Waals surface area contributed by atoms with Crippen molar-refractivity contribution in [2.45, 2.75) is 12.1 Å². The summed E-state index contributed by atoms with van der Waals surface area (Å²) in [5.41, 5.74) is 0.693. The summed E-state index contributed by atoms with van der Waals surface area (Å²) >= 11 is 0. The van der Waals surface area contributed by atoms with Crippen molar-refractivity contribution < 1.29 is 22.9 Å². The Labute approximate surface area is 161 Å². The number of hydrogen-bond donors (Lipinski definition) is 0. The van der Waals surface area contributed by atoms with E-state index in [1.807, 2.05) is 0 Å². The number of nitro benzene ring substituents is 1. The lowest BCUT2D eigenvalue weighted by Crippen LogP contribution is -2.37. The smallest absolute Gasteiger partial charge is 0.329 e. The van der Waals surface area contributed by atoms with Gasteiger partial charge in [-0.15, -0.1) is 0 Å². The van der Waals surface area contributed by atoms with Crippen LogP contribution in [0.25, 0.3) is 0 Å². The molecule has 146 valence electrons. The number of methoxy groups -OCH3 is 1. The van der Waals surface area contributed by atoms with Crippen molar-refractivity contribution in [3.05, 3.63) is 58.6 Å². The Morgan fingerprint density at radius 1 is 1.04 bits per heavy atom. The number of nitrogens with zero attached hydrogens (tertiary/aromatic N) is 3. The van der Waals surface area contributed by atoms with E-state index in [2.05, 4.69) is 0 Å². The van der Waals surface area contributed by atoms with Gasteiger partial charge >= 0.3 is 6.03 Å². The third-order valence-electron chi connectivity index (χ3n) is 5.04. The van der Waals surface area contributed by atoms with Gasteiger partial charge in [0.25, 0.3) is 5.69 Å². The van der Waals surface area contributed by atoms with Crippen molar-refractivity contribution in [1.29, 1.82) is 0 Å². The molecule has 2 unspecified atom stereocenters. The van der Waals surface area contributed by atoms with E-state index in [4.69, 9.17) is 4.74 Å². The Bertz CT molecular complexity index is 1050. The molecule has 2 fully saturated rings. The van der Waals surface area contributed by atoms with Crippen LogP contribution in [0.1, 0.15) is 0 Å². The van der Waals surface area contributed by atoms with Gasteiger partial charge in [-0.3, -0.25) is 19.9 Å². The second-order valence-electron chi connectivity index (χ2n) is 6.71.